The summed E-state index contributed by atoms with van der Waals surface area (Å²) in [5, 5.41) is 9.45. The Morgan fingerprint density at radius 3 is 2.41 bits per heavy atom. The lowest BCUT2D eigenvalue weighted by Crippen LogP contribution is -2.17. The molecule has 3 aromatic rings. The van der Waals surface area contributed by atoms with Gasteiger partial charge in [-0.3, -0.25) is 0 Å². The maximum Gasteiger partial charge on any atom is 0.573 e. The van der Waals surface area contributed by atoms with Gasteiger partial charge in [0, 0.05) is 19.5 Å². The van der Waals surface area contributed by atoms with Gasteiger partial charge in [0.2, 0.25) is 0 Å². The molecular weight excluding hydrogens is 389 g/mol. The average molecular weight is 408 g/mol. The Bertz CT molecular complexity index is 1040. The molecule has 1 heterocycles. The number of carboxylic acids is 1. The molecule has 1 N–H and O–H groups in total. The first-order chi connectivity index (χ1) is 13.5. The number of imidazole rings is 1. The normalized spacial score (nSPS) is 11.8. The highest BCUT2D eigenvalue weighted by Crippen LogP contribution is 2.28. The van der Waals surface area contributed by atoms with Crippen LogP contribution in [0.2, 0.25) is 0 Å². The number of nitrogens with zero attached hydrogens (tertiary/aromatic N) is 2. The second-order valence-corrected chi connectivity index (χ2v) is 6.76. The molecule has 0 aliphatic heterocycles. The first-order valence-electron chi connectivity index (χ1n) is 8.77. The number of fused-ring (bicyclic) bond motifs is 1. The zero-order chi connectivity index (χ0) is 21.3. The molecule has 0 saturated heterocycles. The third kappa shape index (κ3) is 4.79. The second-order valence-electron chi connectivity index (χ2n) is 6.76. The first kappa shape index (κ1) is 20.5. The first-order valence-corrected chi connectivity index (χ1v) is 8.77. The highest BCUT2D eigenvalue weighted by Gasteiger charge is 2.31. The van der Waals surface area contributed by atoms with E-state index in [0.29, 0.717) is 23.3 Å². The van der Waals surface area contributed by atoms with Crippen LogP contribution in [-0.2, 0) is 13.5 Å². The van der Waals surface area contributed by atoms with Gasteiger partial charge in [-0.15, -0.1) is 13.2 Å². The number of ether oxygens (including phenoxy) is 2. The van der Waals surface area contributed by atoms with Gasteiger partial charge < -0.3 is 19.1 Å². The Hall–Kier alpha value is -3.23. The fraction of sp³-hybridized carbons (Fsp3) is 0.300. The van der Waals surface area contributed by atoms with Crippen LogP contribution >= 0.6 is 0 Å². The van der Waals surface area contributed by atoms with E-state index in [9.17, 15) is 23.1 Å². The Morgan fingerprint density at radius 1 is 1.21 bits per heavy atom. The quantitative estimate of drug-likeness (QED) is 0.648. The van der Waals surface area contributed by atoms with E-state index < -0.39 is 12.3 Å². The van der Waals surface area contributed by atoms with Crippen LogP contribution in [0.25, 0.3) is 11.0 Å². The molecule has 0 aliphatic rings. The van der Waals surface area contributed by atoms with Crippen molar-refractivity contribution >= 4 is 17.0 Å². The number of carboxylic acid groups (broad SMARTS) is 1. The van der Waals surface area contributed by atoms with Gasteiger partial charge in [-0.25, -0.2) is 9.78 Å². The van der Waals surface area contributed by atoms with Crippen LogP contribution < -0.4 is 9.47 Å². The third-order valence-electron chi connectivity index (χ3n) is 4.19. The summed E-state index contributed by atoms with van der Waals surface area (Å²) in [5.74, 6) is -0.534. The van der Waals surface area contributed by atoms with E-state index in [2.05, 4.69) is 9.72 Å². The van der Waals surface area contributed by atoms with E-state index in [1.807, 2.05) is 0 Å². The summed E-state index contributed by atoms with van der Waals surface area (Å²) in [7, 11) is 1.78. The number of hydrogen-bond donors (Lipinski definition) is 1. The van der Waals surface area contributed by atoms with E-state index in [-0.39, 0.29) is 23.2 Å². The van der Waals surface area contributed by atoms with Gasteiger partial charge in [0.05, 0.1) is 17.1 Å². The topological polar surface area (TPSA) is 73.6 Å². The van der Waals surface area contributed by atoms with E-state index >= 15 is 0 Å². The van der Waals surface area contributed by atoms with Gasteiger partial charge >= 0.3 is 12.3 Å². The predicted molar refractivity (Wildman–Crippen MR) is 99.4 cm³/mol. The van der Waals surface area contributed by atoms with Crippen LogP contribution in [0.4, 0.5) is 13.2 Å². The number of hydrogen-bond acceptors (Lipinski definition) is 4. The lowest BCUT2D eigenvalue weighted by Gasteiger charge is -2.12. The van der Waals surface area contributed by atoms with Crippen molar-refractivity contribution in [3.05, 3.63) is 53.3 Å². The average Bonchev–Trinajstić information content (AvgIpc) is 2.89. The Balaban J connectivity index is 1.92. The van der Waals surface area contributed by atoms with E-state index in [4.69, 9.17) is 4.74 Å². The molecule has 0 fully saturated rings. The Kier molecular flexibility index (Phi) is 5.41. The molecule has 0 spiro atoms. The Labute approximate surface area is 164 Å². The molecule has 3 rings (SSSR count). The predicted octanol–water partition coefficient (Wildman–Crippen LogP) is 4.55. The van der Waals surface area contributed by atoms with E-state index in [0.717, 1.165) is 5.56 Å². The molecule has 29 heavy (non-hydrogen) atoms. The van der Waals surface area contributed by atoms with Crippen molar-refractivity contribution in [2.24, 2.45) is 7.05 Å². The van der Waals surface area contributed by atoms with Crippen LogP contribution in [0.3, 0.4) is 0 Å². The van der Waals surface area contributed by atoms with Crippen molar-refractivity contribution in [3.63, 3.8) is 0 Å². The molecule has 0 aliphatic carbocycles. The minimum atomic E-state index is -4.74. The number of aromatic nitrogens is 2. The van der Waals surface area contributed by atoms with Crippen molar-refractivity contribution < 1.29 is 32.5 Å². The number of carbonyl (C=O) groups is 1. The van der Waals surface area contributed by atoms with Crippen LogP contribution in [0.5, 0.6) is 11.5 Å². The number of benzene rings is 2. The smallest absolute Gasteiger partial charge is 0.490 e. The van der Waals surface area contributed by atoms with E-state index in [1.54, 1.807) is 31.5 Å². The monoisotopic (exact) mass is 408 g/mol. The van der Waals surface area contributed by atoms with Gasteiger partial charge in [-0.2, -0.15) is 0 Å². The number of halogens is 3. The minimum Gasteiger partial charge on any atom is -0.490 e. The summed E-state index contributed by atoms with van der Waals surface area (Å²) in [6.45, 7) is 3.60. The zero-order valence-corrected chi connectivity index (χ0v) is 15.9. The number of alkyl halides is 3. The molecule has 0 bridgehead atoms. The van der Waals surface area contributed by atoms with Gasteiger partial charge in [-0.05, 0) is 37.6 Å². The van der Waals surface area contributed by atoms with Crippen LogP contribution in [-0.4, -0.2) is 33.1 Å². The lowest BCUT2D eigenvalue weighted by atomic mass is 10.1. The molecule has 6 nitrogen and oxygen atoms in total. The molecule has 2 aromatic carbocycles. The van der Waals surface area contributed by atoms with Gasteiger partial charge in [-0.1, -0.05) is 12.1 Å². The van der Waals surface area contributed by atoms with Gasteiger partial charge in [0.15, 0.2) is 0 Å². The molecule has 0 unspecified atom stereocenters. The maximum absolute atomic E-state index is 12.3. The third-order valence-corrected chi connectivity index (χ3v) is 4.19. The molecule has 0 radical (unpaired) electrons. The highest BCUT2D eigenvalue weighted by molar-refractivity contribution is 5.96. The maximum atomic E-state index is 12.3. The highest BCUT2D eigenvalue weighted by atomic mass is 19.4. The zero-order valence-electron chi connectivity index (χ0n) is 15.9. The van der Waals surface area contributed by atoms with Crippen molar-refractivity contribution in [3.8, 4) is 11.5 Å². The fourth-order valence-corrected chi connectivity index (χ4v) is 2.94. The van der Waals surface area contributed by atoms with Crippen LogP contribution in [0, 0.1) is 0 Å². The standard InChI is InChI=1S/C20H19F3N2O4/c1-11(2)28-17-10-16-15(9-14(17)19(26)27)24-18(25(16)3)8-12-4-6-13(7-5-12)29-20(21,22)23/h4-7,9-11H,8H2,1-3H3,(H,26,27). The molecule has 0 saturated carbocycles. The van der Waals surface area contributed by atoms with Crippen molar-refractivity contribution in [2.45, 2.75) is 32.7 Å². The molecule has 1 aromatic heterocycles. The van der Waals surface area contributed by atoms with Gasteiger partial charge in [0.1, 0.15) is 22.9 Å². The van der Waals surface area contributed by atoms with Crippen molar-refractivity contribution in [1.29, 1.82) is 0 Å². The van der Waals surface area contributed by atoms with Crippen LogP contribution in [0.15, 0.2) is 36.4 Å². The number of aryl methyl sites for hydroxylation is 1. The number of aromatic carboxylic acids is 1. The summed E-state index contributed by atoms with van der Waals surface area (Å²) in [6, 6.07) is 8.62. The van der Waals surface area contributed by atoms with E-state index in [1.165, 1.54) is 30.3 Å². The minimum absolute atomic E-state index is 0.0181. The van der Waals surface area contributed by atoms with Gasteiger partial charge in [0.25, 0.3) is 0 Å². The SMILES string of the molecule is CC(C)Oc1cc2c(cc1C(=O)O)nc(Cc1ccc(OC(F)(F)F)cc1)n2C. The Morgan fingerprint density at radius 2 is 1.86 bits per heavy atom. The van der Waals surface area contributed by atoms with Crippen LogP contribution in [0.1, 0.15) is 35.6 Å². The molecule has 9 heteroatoms. The second kappa shape index (κ2) is 7.65. The lowest BCUT2D eigenvalue weighted by molar-refractivity contribution is -0.274. The molecular formula is C20H19F3N2O4. The van der Waals surface area contributed by atoms with Crippen molar-refractivity contribution in [1.82, 2.24) is 9.55 Å². The summed E-state index contributed by atoms with van der Waals surface area (Å²) < 4.78 is 48.1. The number of rotatable bonds is 6. The molecule has 0 atom stereocenters. The largest absolute Gasteiger partial charge is 0.573 e. The molecule has 154 valence electrons. The molecule has 0 amide bonds. The summed E-state index contributed by atoms with van der Waals surface area (Å²) >= 11 is 0. The summed E-state index contributed by atoms with van der Waals surface area (Å²) in [6.07, 6.45) is -4.59. The fourth-order valence-electron chi connectivity index (χ4n) is 2.94. The van der Waals surface area contributed by atoms with Crippen molar-refractivity contribution in [2.75, 3.05) is 0 Å². The summed E-state index contributed by atoms with van der Waals surface area (Å²) in [4.78, 5) is 16.0. The summed E-state index contributed by atoms with van der Waals surface area (Å²) in [5.41, 5.74) is 1.94.